The van der Waals surface area contributed by atoms with E-state index < -0.39 is 0 Å². The molecule has 0 aliphatic heterocycles. The highest BCUT2D eigenvalue weighted by atomic mass is 15.2. The molecule has 0 aromatic carbocycles. The zero-order valence-corrected chi connectivity index (χ0v) is 9.29. The molecule has 1 rings (SSSR count). The molecule has 13 heavy (non-hydrogen) atoms. The molecule has 1 aliphatic rings. The first-order valence-corrected chi connectivity index (χ1v) is 5.62. The first kappa shape index (κ1) is 11.0. The minimum atomic E-state index is 0.593. The van der Waals surface area contributed by atoms with Crippen molar-refractivity contribution >= 4 is 0 Å². The number of rotatable bonds is 5. The summed E-state index contributed by atoms with van der Waals surface area (Å²) in [7, 11) is 2.24. The van der Waals surface area contributed by atoms with Crippen LogP contribution in [0.25, 0.3) is 0 Å². The van der Waals surface area contributed by atoms with Gasteiger partial charge in [-0.05, 0) is 25.8 Å². The lowest BCUT2D eigenvalue weighted by Crippen LogP contribution is -2.50. The van der Waals surface area contributed by atoms with E-state index >= 15 is 0 Å². The van der Waals surface area contributed by atoms with E-state index in [9.17, 15) is 0 Å². The summed E-state index contributed by atoms with van der Waals surface area (Å²) in [6.07, 6.45) is 5.40. The Hall–Kier alpha value is -0.0800. The highest BCUT2D eigenvalue weighted by molar-refractivity contribution is 4.85. The van der Waals surface area contributed by atoms with Crippen molar-refractivity contribution in [2.45, 2.75) is 51.6 Å². The maximum atomic E-state index is 5.83. The quantitative estimate of drug-likeness (QED) is 0.706. The third-order valence-corrected chi connectivity index (χ3v) is 3.72. The summed E-state index contributed by atoms with van der Waals surface area (Å²) in [5.41, 5.74) is 5.83. The lowest BCUT2D eigenvalue weighted by Gasteiger charge is -2.41. The fraction of sp³-hybridized carbons (Fsp3) is 1.00. The Morgan fingerprint density at radius 2 is 2.08 bits per heavy atom. The van der Waals surface area contributed by atoms with E-state index in [4.69, 9.17) is 5.73 Å². The van der Waals surface area contributed by atoms with Gasteiger partial charge < -0.3 is 5.73 Å². The minimum absolute atomic E-state index is 0.593. The molecule has 2 N–H and O–H groups in total. The largest absolute Gasteiger partial charge is 0.329 e. The van der Waals surface area contributed by atoms with Gasteiger partial charge in [0.25, 0.3) is 0 Å². The van der Waals surface area contributed by atoms with Crippen LogP contribution in [-0.2, 0) is 0 Å². The smallest absolute Gasteiger partial charge is 0.0243 e. The monoisotopic (exact) mass is 184 g/mol. The Kier molecular flexibility index (Phi) is 4.20. The van der Waals surface area contributed by atoms with Crippen molar-refractivity contribution < 1.29 is 0 Å². The summed E-state index contributed by atoms with van der Waals surface area (Å²) in [4.78, 5) is 2.51. The molecule has 0 saturated heterocycles. The van der Waals surface area contributed by atoms with E-state index in [-0.39, 0.29) is 0 Å². The summed E-state index contributed by atoms with van der Waals surface area (Å²) in [6, 6.07) is 1.41. The number of likely N-dealkylation sites (N-methyl/N-ethyl adjacent to an activating group) is 1. The summed E-state index contributed by atoms with van der Waals surface area (Å²) in [5.74, 6) is 0.732. The number of hydrogen-bond acceptors (Lipinski definition) is 2. The van der Waals surface area contributed by atoms with Gasteiger partial charge in [0.2, 0.25) is 0 Å². The summed E-state index contributed by atoms with van der Waals surface area (Å²) in [6.45, 7) is 5.37. The Labute approximate surface area is 82.5 Å². The second-order valence-corrected chi connectivity index (χ2v) is 4.44. The molecule has 78 valence electrons. The van der Waals surface area contributed by atoms with Gasteiger partial charge in [0.05, 0.1) is 0 Å². The fourth-order valence-corrected chi connectivity index (χ4v) is 2.14. The van der Waals surface area contributed by atoms with Crippen LogP contribution in [0.4, 0.5) is 0 Å². The molecule has 2 nitrogen and oxygen atoms in total. The van der Waals surface area contributed by atoms with Crippen molar-refractivity contribution in [3.05, 3.63) is 0 Å². The number of hydrogen-bond donors (Lipinski definition) is 1. The van der Waals surface area contributed by atoms with E-state index in [0.717, 1.165) is 18.5 Å². The highest BCUT2D eigenvalue weighted by Crippen LogP contribution is 2.27. The van der Waals surface area contributed by atoms with Gasteiger partial charge in [-0.3, -0.25) is 4.90 Å². The second kappa shape index (κ2) is 4.97. The number of nitrogens with zero attached hydrogens (tertiary/aromatic N) is 1. The van der Waals surface area contributed by atoms with Crippen LogP contribution in [0.5, 0.6) is 0 Å². The third-order valence-electron chi connectivity index (χ3n) is 3.72. The lowest BCUT2D eigenvalue weighted by molar-refractivity contribution is 0.0834. The Balaban J connectivity index is 2.43. The maximum Gasteiger partial charge on any atom is 0.0243 e. The topological polar surface area (TPSA) is 29.3 Å². The highest BCUT2D eigenvalue weighted by Gasteiger charge is 2.28. The predicted octanol–water partition coefficient (Wildman–Crippen LogP) is 1.84. The molecule has 1 aliphatic carbocycles. The molecule has 2 atom stereocenters. The first-order chi connectivity index (χ1) is 6.20. The maximum absolute atomic E-state index is 5.83. The van der Waals surface area contributed by atoms with Gasteiger partial charge in [0.1, 0.15) is 0 Å². The molecule has 0 aromatic heterocycles. The molecule has 2 unspecified atom stereocenters. The van der Waals surface area contributed by atoms with Crippen LogP contribution in [0, 0.1) is 5.92 Å². The van der Waals surface area contributed by atoms with Gasteiger partial charge in [0.15, 0.2) is 0 Å². The molecule has 0 spiro atoms. The van der Waals surface area contributed by atoms with Gasteiger partial charge in [-0.1, -0.05) is 26.7 Å². The fourth-order valence-electron chi connectivity index (χ4n) is 2.14. The SMILES string of the molecule is CCC(C)C(CN)N(C)C1CCC1. The molecule has 2 heteroatoms. The number of nitrogens with two attached hydrogens (primary N) is 1. The van der Waals surface area contributed by atoms with Crippen LogP contribution in [-0.4, -0.2) is 30.6 Å². The van der Waals surface area contributed by atoms with Gasteiger partial charge in [0, 0.05) is 18.6 Å². The van der Waals surface area contributed by atoms with E-state index in [1.807, 2.05) is 0 Å². The normalized spacial score (nSPS) is 22.8. The Morgan fingerprint density at radius 3 is 2.38 bits per heavy atom. The van der Waals surface area contributed by atoms with Crippen LogP contribution < -0.4 is 5.73 Å². The van der Waals surface area contributed by atoms with Crippen molar-refractivity contribution in [2.75, 3.05) is 13.6 Å². The van der Waals surface area contributed by atoms with Gasteiger partial charge >= 0.3 is 0 Å². The zero-order chi connectivity index (χ0) is 9.84. The zero-order valence-electron chi connectivity index (χ0n) is 9.29. The average Bonchev–Trinajstić information content (AvgIpc) is 2.02. The van der Waals surface area contributed by atoms with E-state index in [2.05, 4.69) is 25.8 Å². The van der Waals surface area contributed by atoms with E-state index in [1.54, 1.807) is 0 Å². The second-order valence-electron chi connectivity index (χ2n) is 4.44. The Bertz CT molecular complexity index is 143. The summed E-state index contributed by atoms with van der Waals surface area (Å²) >= 11 is 0. The molecule has 1 fully saturated rings. The van der Waals surface area contributed by atoms with Gasteiger partial charge in [-0.15, -0.1) is 0 Å². The standard InChI is InChI=1S/C11H24N2/c1-4-9(2)11(8-12)13(3)10-6-5-7-10/h9-11H,4-8,12H2,1-3H3. The van der Waals surface area contributed by atoms with Crippen molar-refractivity contribution in [1.82, 2.24) is 4.90 Å². The molecule has 0 bridgehead atoms. The van der Waals surface area contributed by atoms with Crippen LogP contribution in [0.2, 0.25) is 0 Å². The van der Waals surface area contributed by atoms with Crippen LogP contribution in [0.3, 0.4) is 0 Å². The van der Waals surface area contributed by atoms with Crippen LogP contribution >= 0.6 is 0 Å². The third kappa shape index (κ3) is 2.44. The first-order valence-electron chi connectivity index (χ1n) is 5.62. The molecular weight excluding hydrogens is 160 g/mol. The van der Waals surface area contributed by atoms with E-state index in [1.165, 1.54) is 25.7 Å². The summed E-state index contributed by atoms with van der Waals surface area (Å²) in [5, 5.41) is 0. The molecule has 0 radical (unpaired) electrons. The minimum Gasteiger partial charge on any atom is -0.329 e. The average molecular weight is 184 g/mol. The van der Waals surface area contributed by atoms with Gasteiger partial charge in [-0.2, -0.15) is 0 Å². The van der Waals surface area contributed by atoms with Crippen LogP contribution in [0.15, 0.2) is 0 Å². The summed E-state index contributed by atoms with van der Waals surface area (Å²) < 4.78 is 0. The van der Waals surface area contributed by atoms with Gasteiger partial charge in [-0.25, -0.2) is 0 Å². The molecular formula is C11H24N2. The van der Waals surface area contributed by atoms with Crippen molar-refractivity contribution in [3.63, 3.8) is 0 Å². The van der Waals surface area contributed by atoms with E-state index in [0.29, 0.717) is 6.04 Å². The molecule has 1 saturated carbocycles. The molecule has 0 aromatic rings. The van der Waals surface area contributed by atoms with Crippen LogP contribution in [0.1, 0.15) is 39.5 Å². The Morgan fingerprint density at radius 1 is 1.46 bits per heavy atom. The lowest BCUT2D eigenvalue weighted by atomic mass is 9.88. The van der Waals surface area contributed by atoms with Crippen molar-refractivity contribution in [2.24, 2.45) is 11.7 Å². The van der Waals surface area contributed by atoms with Crippen molar-refractivity contribution in [3.8, 4) is 0 Å². The molecule has 0 amide bonds. The van der Waals surface area contributed by atoms with Crippen molar-refractivity contribution in [1.29, 1.82) is 0 Å². The molecule has 0 heterocycles. The predicted molar refractivity (Wildman–Crippen MR) is 57.7 cm³/mol.